The van der Waals surface area contributed by atoms with E-state index in [4.69, 9.17) is 0 Å². The van der Waals surface area contributed by atoms with Crippen molar-refractivity contribution in [3.05, 3.63) is 0 Å². The Morgan fingerprint density at radius 2 is 1.43 bits per heavy atom. The van der Waals surface area contributed by atoms with Crippen molar-refractivity contribution in [1.82, 2.24) is 16.0 Å². The molecule has 6 heteroatoms. The first-order chi connectivity index (χ1) is 17.8. The van der Waals surface area contributed by atoms with Gasteiger partial charge < -0.3 is 16.0 Å². The average Bonchev–Trinajstić information content (AvgIpc) is 3.39. The first-order valence-electron chi connectivity index (χ1n) is 15.8. The molecule has 4 atom stereocenters. The van der Waals surface area contributed by atoms with E-state index in [2.05, 4.69) is 43.6 Å². The Bertz CT molecular complexity index is 636. The Morgan fingerprint density at radius 1 is 0.865 bits per heavy atom. The zero-order chi connectivity index (χ0) is 26.9. The third-order valence-electron chi connectivity index (χ3n) is 8.31. The van der Waals surface area contributed by atoms with Crippen molar-refractivity contribution in [2.24, 2.45) is 5.41 Å². The highest BCUT2D eigenvalue weighted by atomic mass is 32.2. The molecule has 37 heavy (non-hydrogen) atoms. The summed E-state index contributed by atoms with van der Waals surface area (Å²) in [5, 5.41) is 9.91. The van der Waals surface area contributed by atoms with Gasteiger partial charge in [0.2, 0.25) is 5.91 Å². The summed E-state index contributed by atoms with van der Waals surface area (Å²) in [4.78, 5) is 24.2. The quantitative estimate of drug-likeness (QED) is 0.102. The van der Waals surface area contributed by atoms with Crippen LogP contribution in [-0.2, 0) is 4.79 Å². The normalized spacial score (nSPS) is 21.9. The van der Waals surface area contributed by atoms with E-state index < -0.39 is 0 Å². The highest BCUT2D eigenvalue weighted by molar-refractivity contribution is 8.00. The van der Waals surface area contributed by atoms with Crippen molar-refractivity contribution in [3.8, 4) is 0 Å². The topological polar surface area (TPSA) is 70.2 Å². The van der Waals surface area contributed by atoms with E-state index in [1.807, 2.05) is 11.8 Å². The highest BCUT2D eigenvalue weighted by Crippen LogP contribution is 2.33. The van der Waals surface area contributed by atoms with Gasteiger partial charge in [0.25, 0.3) is 0 Å². The molecule has 2 heterocycles. The monoisotopic (exact) mass is 537 g/mol. The maximum atomic E-state index is 12.7. The number of hydrogen-bond acceptors (Lipinski definition) is 3. The molecule has 0 aromatic heterocycles. The molecule has 5 nitrogen and oxygen atoms in total. The first-order valence-corrected chi connectivity index (χ1v) is 16.8. The van der Waals surface area contributed by atoms with Crippen LogP contribution >= 0.6 is 11.8 Å². The van der Waals surface area contributed by atoms with Gasteiger partial charge in [-0.1, -0.05) is 124 Å². The van der Waals surface area contributed by atoms with Gasteiger partial charge in [-0.3, -0.25) is 4.79 Å². The number of hydrogen-bond donors (Lipinski definition) is 3. The van der Waals surface area contributed by atoms with Crippen molar-refractivity contribution in [2.45, 2.75) is 173 Å². The van der Waals surface area contributed by atoms with Crippen LogP contribution in [0.1, 0.15) is 150 Å². The molecule has 0 radical (unpaired) electrons. The van der Waals surface area contributed by atoms with Crippen LogP contribution in [0.2, 0.25) is 0 Å². The highest BCUT2D eigenvalue weighted by Gasteiger charge is 2.42. The second kappa shape index (κ2) is 18.4. The standard InChI is InChI=1S/C31H59N3O2S/c1-5-6-7-8-9-10-11-12-13-14-15-16-17-18-22-27(31(2,3)4)33-28(35)23-20-19-21-26-29-25(24-37-26)32-30(36)34-29/h25-27,29H,5-24H2,1-4H3,(H,33,35)(H2,32,34,36)/t25-,26-,27?,29-/m0/s1. The number of thioether (sulfide) groups is 1. The summed E-state index contributed by atoms with van der Waals surface area (Å²) >= 11 is 1.95. The fourth-order valence-corrected chi connectivity index (χ4v) is 7.35. The molecule has 0 aromatic carbocycles. The first kappa shape index (κ1) is 32.3. The Morgan fingerprint density at radius 3 is 2.00 bits per heavy atom. The molecule has 216 valence electrons. The van der Waals surface area contributed by atoms with Crippen LogP contribution in [0.15, 0.2) is 0 Å². The molecule has 3 N–H and O–H groups in total. The number of unbranched alkanes of at least 4 members (excludes halogenated alkanes) is 14. The van der Waals surface area contributed by atoms with Crippen molar-refractivity contribution in [3.63, 3.8) is 0 Å². The molecule has 0 aromatic rings. The van der Waals surface area contributed by atoms with E-state index in [0.29, 0.717) is 11.7 Å². The number of urea groups is 1. The van der Waals surface area contributed by atoms with E-state index in [0.717, 1.165) is 31.4 Å². The lowest BCUT2D eigenvalue weighted by Gasteiger charge is -2.32. The molecule has 2 fully saturated rings. The molecular weight excluding hydrogens is 478 g/mol. The van der Waals surface area contributed by atoms with Gasteiger partial charge in [0.1, 0.15) is 0 Å². The van der Waals surface area contributed by atoms with E-state index in [1.165, 1.54) is 89.9 Å². The lowest BCUT2D eigenvalue weighted by atomic mass is 9.83. The lowest BCUT2D eigenvalue weighted by Crippen LogP contribution is -2.43. The Labute approximate surface area is 233 Å². The average molecular weight is 538 g/mol. The second-order valence-corrected chi connectivity index (χ2v) is 14.0. The zero-order valence-electron chi connectivity index (χ0n) is 24.7. The molecule has 1 unspecified atom stereocenters. The van der Waals surface area contributed by atoms with Gasteiger partial charge in [-0.25, -0.2) is 4.79 Å². The summed E-state index contributed by atoms with van der Waals surface area (Å²) in [5.41, 5.74) is 0.0926. The summed E-state index contributed by atoms with van der Waals surface area (Å²) in [7, 11) is 0. The van der Waals surface area contributed by atoms with Gasteiger partial charge >= 0.3 is 6.03 Å². The summed E-state index contributed by atoms with van der Waals surface area (Å²) in [6, 6.07) is 0.782. The minimum Gasteiger partial charge on any atom is -0.353 e. The number of fused-ring (bicyclic) bond motifs is 1. The Hall–Kier alpha value is -0.910. The molecule has 3 amide bonds. The largest absolute Gasteiger partial charge is 0.353 e. The van der Waals surface area contributed by atoms with E-state index in [9.17, 15) is 9.59 Å². The van der Waals surface area contributed by atoms with Crippen LogP contribution in [0.4, 0.5) is 4.79 Å². The fourth-order valence-electron chi connectivity index (χ4n) is 5.81. The lowest BCUT2D eigenvalue weighted by molar-refractivity contribution is -0.122. The smallest absolute Gasteiger partial charge is 0.315 e. The van der Waals surface area contributed by atoms with E-state index in [-0.39, 0.29) is 35.5 Å². The van der Waals surface area contributed by atoms with Gasteiger partial charge in [0, 0.05) is 23.5 Å². The minimum atomic E-state index is -0.0216. The Kier molecular flexibility index (Phi) is 16.1. The van der Waals surface area contributed by atoms with Gasteiger partial charge in [-0.2, -0.15) is 11.8 Å². The van der Waals surface area contributed by atoms with Gasteiger partial charge in [-0.15, -0.1) is 0 Å². The van der Waals surface area contributed by atoms with Gasteiger partial charge in [0.05, 0.1) is 12.1 Å². The van der Waals surface area contributed by atoms with Crippen molar-refractivity contribution in [1.29, 1.82) is 0 Å². The number of nitrogens with one attached hydrogen (secondary N) is 3. The molecule has 0 spiro atoms. The predicted octanol–water partition coefficient (Wildman–Crippen LogP) is 8.11. The van der Waals surface area contributed by atoms with Crippen LogP contribution < -0.4 is 16.0 Å². The van der Waals surface area contributed by atoms with E-state index in [1.54, 1.807) is 0 Å². The van der Waals surface area contributed by atoms with Crippen LogP contribution in [0.3, 0.4) is 0 Å². The van der Waals surface area contributed by atoms with Crippen molar-refractivity contribution < 1.29 is 9.59 Å². The predicted molar refractivity (Wildman–Crippen MR) is 160 cm³/mol. The van der Waals surface area contributed by atoms with Crippen LogP contribution in [0.25, 0.3) is 0 Å². The summed E-state index contributed by atoms with van der Waals surface area (Å²) in [6.45, 7) is 9.03. The Balaban J connectivity index is 1.47. The van der Waals surface area contributed by atoms with E-state index >= 15 is 0 Å². The van der Waals surface area contributed by atoms with Crippen molar-refractivity contribution in [2.75, 3.05) is 5.75 Å². The number of carbonyl (C=O) groups is 2. The fraction of sp³-hybridized carbons (Fsp3) is 0.935. The van der Waals surface area contributed by atoms with Crippen molar-refractivity contribution >= 4 is 23.7 Å². The number of rotatable bonds is 21. The molecule has 2 rings (SSSR count). The van der Waals surface area contributed by atoms with Crippen LogP contribution in [0.5, 0.6) is 0 Å². The molecule has 0 aliphatic carbocycles. The van der Waals surface area contributed by atoms with Crippen LogP contribution in [-0.4, -0.2) is 41.1 Å². The molecule has 0 bridgehead atoms. The van der Waals surface area contributed by atoms with Gasteiger partial charge in [0.15, 0.2) is 0 Å². The maximum absolute atomic E-state index is 12.7. The number of carbonyl (C=O) groups excluding carboxylic acids is 2. The summed E-state index contributed by atoms with van der Waals surface area (Å²) in [6.07, 6.45) is 24.0. The second-order valence-electron chi connectivity index (χ2n) is 12.7. The SMILES string of the molecule is CCCCCCCCCCCCCCCCC(NC(=O)CCCC[C@@H]1SC[C@@H]2NC(=O)N[C@@H]21)C(C)(C)C. The molecular formula is C31H59N3O2S. The third kappa shape index (κ3) is 13.6. The summed E-state index contributed by atoms with van der Waals surface area (Å²) < 4.78 is 0. The number of amides is 3. The molecule has 2 aliphatic heterocycles. The van der Waals surface area contributed by atoms with Crippen LogP contribution in [0, 0.1) is 5.41 Å². The third-order valence-corrected chi connectivity index (χ3v) is 9.82. The molecule has 0 saturated carbocycles. The molecule has 2 aliphatic rings. The molecule has 2 saturated heterocycles. The maximum Gasteiger partial charge on any atom is 0.315 e. The zero-order valence-corrected chi connectivity index (χ0v) is 25.5. The van der Waals surface area contributed by atoms with Gasteiger partial charge in [-0.05, 0) is 24.7 Å². The minimum absolute atomic E-state index is 0.0216. The summed E-state index contributed by atoms with van der Waals surface area (Å²) in [5.74, 6) is 1.21.